The number of aromatic nitrogens is 2. The largest absolute Gasteiger partial charge is 0.348 e. The van der Waals surface area contributed by atoms with E-state index in [1.165, 1.54) is 6.42 Å². The van der Waals surface area contributed by atoms with E-state index < -0.39 is 0 Å². The monoisotopic (exact) mass is 266 g/mol. The molecular weight excluding hydrogens is 240 g/mol. The highest BCUT2D eigenvalue weighted by atomic mass is 16.1. The molecule has 5 nitrogen and oxygen atoms in total. The van der Waals surface area contributed by atoms with Crippen molar-refractivity contribution in [2.45, 2.75) is 52.6 Å². The van der Waals surface area contributed by atoms with Crippen LogP contribution in [-0.2, 0) is 6.54 Å². The van der Waals surface area contributed by atoms with Gasteiger partial charge in [0.2, 0.25) is 0 Å². The van der Waals surface area contributed by atoms with Crippen LogP contribution >= 0.6 is 0 Å². The van der Waals surface area contributed by atoms with Gasteiger partial charge < -0.3 is 15.6 Å². The minimum absolute atomic E-state index is 0.104. The maximum Gasteiger partial charge on any atom is 0.271 e. The van der Waals surface area contributed by atoms with Gasteiger partial charge in [0.05, 0.1) is 6.33 Å². The van der Waals surface area contributed by atoms with Gasteiger partial charge in [-0.1, -0.05) is 26.7 Å². The number of nitrogens with two attached hydrogens (primary N) is 1. The molecule has 1 unspecified atom stereocenters. The average Bonchev–Trinajstić information content (AvgIpc) is 2.77. The molecule has 0 bridgehead atoms. The van der Waals surface area contributed by atoms with E-state index in [4.69, 9.17) is 5.73 Å². The Balaban J connectivity index is 2.36. The van der Waals surface area contributed by atoms with E-state index in [1.54, 1.807) is 12.5 Å². The molecule has 108 valence electrons. The maximum atomic E-state index is 12.0. The van der Waals surface area contributed by atoms with Crippen molar-refractivity contribution in [3.63, 3.8) is 0 Å². The summed E-state index contributed by atoms with van der Waals surface area (Å²) < 4.78 is 1.83. The lowest BCUT2D eigenvalue weighted by molar-refractivity contribution is 0.0933. The molecule has 1 amide bonds. The summed E-state index contributed by atoms with van der Waals surface area (Å²) in [5.74, 6) is 0.614. The number of carbonyl (C=O) groups excluding carboxylic acids is 1. The van der Waals surface area contributed by atoms with Gasteiger partial charge in [-0.3, -0.25) is 4.79 Å². The van der Waals surface area contributed by atoms with Crippen molar-refractivity contribution in [1.29, 1.82) is 0 Å². The number of amides is 1. The quantitative estimate of drug-likeness (QED) is 0.753. The third kappa shape index (κ3) is 5.87. The van der Waals surface area contributed by atoms with Gasteiger partial charge in [-0.25, -0.2) is 4.98 Å². The van der Waals surface area contributed by atoms with Crippen molar-refractivity contribution < 1.29 is 4.79 Å². The van der Waals surface area contributed by atoms with E-state index in [0.717, 1.165) is 18.8 Å². The Morgan fingerprint density at radius 1 is 1.42 bits per heavy atom. The summed E-state index contributed by atoms with van der Waals surface area (Å²) in [5.41, 5.74) is 5.92. The van der Waals surface area contributed by atoms with Crippen LogP contribution in [0.4, 0.5) is 0 Å². The number of imidazole rings is 1. The molecule has 0 aromatic carbocycles. The van der Waals surface area contributed by atoms with Gasteiger partial charge in [0.15, 0.2) is 0 Å². The Kier molecular flexibility index (Phi) is 6.56. The Morgan fingerprint density at radius 3 is 2.79 bits per heavy atom. The SMILES string of the molecule is CC(C)CCCC(C)NC(=O)c1cn(CCN)cn1. The van der Waals surface area contributed by atoms with Crippen LogP contribution < -0.4 is 11.1 Å². The molecule has 0 saturated heterocycles. The second-order valence-electron chi connectivity index (χ2n) is 5.48. The van der Waals surface area contributed by atoms with Gasteiger partial charge in [-0.2, -0.15) is 0 Å². The van der Waals surface area contributed by atoms with Crippen LogP contribution in [0.5, 0.6) is 0 Å². The Morgan fingerprint density at radius 2 is 2.16 bits per heavy atom. The summed E-state index contributed by atoms with van der Waals surface area (Å²) in [5, 5.41) is 2.98. The molecule has 0 spiro atoms. The van der Waals surface area contributed by atoms with Crippen molar-refractivity contribution in [2.24, 2.45) is 11.7 Å². The van der Waals surface area contributed by atoms with E-state index in [2.05, 4.69) is 24.1 Å². The first-order valence-corrected chi connectivity index (χ1v) is 7.05. The van der Waals surface area contributed by atoms with E-state index in [-0.39, 0.29) is 11.9 Å². The van der Waals surface area contributed by atoms with Crippen LogP contribution in [0.2, 0.25) is 0 Å². The lowest BCUT2D eigenvalue weighted by Crippen LogP contribution is -2.32. The summed E-state index contributed by atoms with van der Waals surface area (Å²) in [6.45, 7) is 7.70. The molecule has 0 aliphatic rings. The maximum absolute atomic E-state index is 12.0. The van der Waals surface area contributed by atoms with Gasteiger partial charge in [-0.15, -0.1) is 0 Å². The van der Waals surface area contributed by atoms with Crippen molar-refractivity contribution in [3.8, 4) is 0 Å². The second kappa shape index (κ2) is 7.94. The highest BCUT2D eigenvalue weighted by molar-refractivity contribution is 5.92. The number of nitrogens with one attached hydrogen (secondary N) is 1. The first-order valence-electron chi connectivity index (χ1n) is 7.05. The van der Waals surface area contributed by atoms with E-state index in [0.29, 0.717) is 18.8 Å². The minimum atomic E-state index is -0.104. The van der Waals surface area contributed by atoms with Crippen LogP contribution in [0.25, 0.3) is 0 Å². The standard InChI is InChI=1S/C14H26N4O/c1-11(2)5-4-6-12(3)17-14(19)13-9-18(8-7-15)10-16-13/h9-12H,4-8,15H2,1-3H3,(H,17,19). The van der Waals surface area contributed by atoms with Gasteiger partial charge in [0.25, 0.3) is 5.91 Å². The molecule has 0 aliphatic heterocycles. The summed E-state index contributed by atoms with van der Waals surface area (Å²) in [6, 6.07) is 0.186. The van der Waals surface area contributed by atoms with Crippen molar-refractivity contribution in [3.05, 3.63) is 18.2 Å². The average molecular weight is 266 g/mol. The molecule has 1 aromatic rings. The van der Waals surface area contributed by atoms with Crippen LogP contribution in [0, 0.1) is 5.92 Å². The molecule has 0 saturated carbocycles. The van der Waals surface area contributed by atoms with Crippen LogP contribution in [0.3, 0.4) is 0 Å². The third-order valence-electron chi connectivity index (χ3n) is 3.05. The topological polar surface area (TPSA) is 72.9 Å². The fourth-order valence-corrected chi connectivity index (χ4v) is 1.95. The van der Waals surface area contributed by atoms with E-state index in [9.17, 15) is 4.79 Å². The summed E-state index contributed by atoms with van der Waals surface area (Å²) in [4.78, 5) is 16.0. The van der Waals surface area contributed by atoms with Gasteiger partial charge in [0.1, 0.15) is 5.69 Å². The zero-order valence-electron chi connectivity index (χ0n) is 12.2. The lowest BCUT2D eigenvalue weighted by Gasteiger charge is -2.13. The predicted octanol–water partition coefficient (Wildman–Crippen LogP) is 1.79. The van der Waals surface area contributed by atoms with Crippen molar-refractivity contribution >= 4 is 5.91 Å². The number of carbonyl (C=O) groups is 1. The van der Waals surface area contributed by atoms with Gasteiger partial charge in [-0.05, 0) is 19.3 Å². The Bertz CT molecular complexity index is 387. The van der Waals surface area contributed by atoms with E-state index >= 15 is 0 Å². The molecule has 19 heavy (non-hydrogen) atoms. The highest BCUT2D eigenvalue weighted by Crippen LogP contribution is 2.08. The first-order chi connectivity index (χ1) is 9.02. The van der Waals surface area contributed by atoms with E-state index in [1.807, 2.05) is 11.5 Å². The molecule has 1 rings (SSSR count). The first kappa shape index (κ1) is 15.7. The fourth-order valence-electron chi connectivity index (χ4n) is 1.95. The Labute approximate surface area is 115 Å². The van der Waals surface area contributed by atoms with Crippen LogP contribution in [-0.4, -0.2) is 28.0 Å². The number of nitrogens with zero attached hydrogens (tertiary/aromatic N) is 2. The van der Waals surface area contributed by atoms with Crippen LogP contribution in [0.15, 0.2) is 12.5 Å². The molecule has 0 aliphatic carbocycles. The zero-order valence-corrected chi connectivity index (χ0v) is 12.2. The molecule has 1 atom stereocenters. The summed E-state index contributed by atoms with van der Waals surface area (Å²) >= 11 is 0. The Hall–Kier alpha value is -1.36. The molecule has 3 N–H and O–H groups in total. The van der Waals surface area contributed by atoms with Crippen LogP contribution in [0.1, 0.15) is 50.5 Å². The van der Waals surface area contributed by atoms with Gasteiger partial charge >= 0.3 is 0 Å². The minimum Gasteiger partial charge on any atom is -0.348 e. The van der Waals surface area contributed by atoms with Crippen molar-refractivity contribution in [2.75, 3.05) is 6.54 Å². The highest BCUT2D eigenvalue weighted by Gasteiger charge is 2.12. The summed E-state index contributed by atoms with van der Waals surface area (Å²) in [7, 11) is 0. The van der Waals surface area contributed by atoms with Crippen molar-refractivity contribution in [1.82, 2.24) is 14.9 Å². The number of rotatable bonds is 8. The molecule has 0 radical (unpaired) electrons. The second-order valence-corrected chi connectivity index (χ2v) is 5.48. The smallest absolute Gasteiger partial charge is 0.271 e. The van der Waals surface area contributed by atoms with Gasteiger partial charge in [0, 0.05) is 25.3 Å². The molecule has 5 heteroatoms. The fraction of sp³-hybridized carbons (Fsp3) is 0.714. The number of hydrogen-bond acceptors (Lipinski definition) is 3. The number of hydrogen-bond donors (Lipinski definition) is 2. The summed E-state index contributed by atoms with van der Waals surface area (Å²) in [6.07, 6.45) is 6.73. The third-order valence-corrected chi connectivity index (χ3v) is 3.05. The molecular formula is C14H26N4O. The zero-order chi connectivity index (χ0) is 14.3. The molecule has 0 fully saturated rings. The predicted molar refractivity (Wildman–Crippen MR) is 76.9 cm³/mol. The lowest BCUT2D eigenvalue weighted by atomic mass is 10.0. The normalized spacial score (nSPS) is 12.7. The molecule has 1 aromatic heterocycles. The molecule has 1 heterocycles.